The summed E-state index contributed by atoms with van der Waals surface area (Å²) < 4.78 is 39.4. The van der Waals surface area contributed by atoms with Gasteiger partial charge in [-0.05, 0) is 161 Å². The molecular formula is C46H73FN2O4S. The molecule has 0 radical (unpaired) electrons. The fourth-order valence-electron chi connectivity index (χ4n) is 13.6. The van der Waals surface area contributed by atoms with Crippen LogP contribution in [0.2, 0.25) is 0 Å². The Bertz CT molecular complexity index is 1620. The van der Waals surface area contributed by atoms with Crippen LogP contribution < -0.4 is 5.32 Å². The largest absolute Gasteiger partial charge is 0.481 e. The van der Waals surface area contributed by atoms with Crippen LogP contribution >= 0.6 is 0 Å². The maximum Gasteiger partial charge on any atom is 0.312 e. The topological polar surface area (TPSA) is 86.7 Å². The zero-order valence-electron chi connectivity index (χ0n) is 34.8. The quantitative estimate of drug-likeness (QED) is 0.192. The third-order valence-corrected chi connectivity index (χ3v) is 20.0. The molecule has 6 aliphatic rings. The van der Waals surface area contributed by atoms with Gasteiger partial charge >= 0.3 is 5.97 Å². The highest BCUT2D eigenvalue weighted by molar-refractivity contribution is 7.92. The van der Waals surface area contributed by atoms with Crippen molar-refractivity contribution in [3.8, 4) is 0 Å². The van der Waals surface area contributed by atoms with E-state index in [-0.39, 0.29) is 38.7 Å². The molecule has 1 heterocycles. The molecule has 3 unspecified atom stereocenters. The van der Waals surface area contributed by atoms with E-state index in [0.717, 1.165) is 19.5 Å². The number of allylic oxidation sites excluding steroid dienone is 6. The number of sulfone groups is 1. The molecule has 0 spiro atoms. The molecule has 4 saturated carbocycles. The Balaban J connectivity index is 1.20. The molecule has 1 aliphatic heterocycles. The Morgan fingerprint density at radius 3 is 2.35 bits per heavy atom. The van der Waals surface area contributed by atoms with Crippen LogP contribution in [-0.2, 0) is 14.6 Å². The summed E-state index contributed by atoms with van der Waals surface area (Å²) in [5.74, 6) is 1.93. The number of halogens is 1. The molecule has 5 aliphatic carbocycles. The van der Waals surface area contributed by atoms with Gasteiger partial charge in [0.2, 0.25) is 0 Å². The molecule has 0 aromatic carbocycles. The highest BCUT2D eigenvalue weighted by Gasteiger charge is 2.66. The minimum atomic E-state index is -3.03. The molecule has 54 heavy (non-hydrogen) atoms. The number of alkyl halides is 1. The monoisotopic (exact) mass is 769 g/mol. The smallest absolute Gasteiger partial charge is 0.312 e. The van der Waals surface area contributed by atoms with Gasteiger partial charge in [-0.2, -0.15) is 0 Å². The molecule has 0 aromatic rings. The van der Waals surface area contributed by atoms with E-state index < -0.39 is 27.9 Å². The summed E-state index contributed by atoms with van der Waals surface area (Å²) in [6.45, 7) is 27.0. The fourth-order valence-corrected chi connectivity index (χ4v) is 15.3. The first-order chi connectivity index (χ1) is 25.3. The molecule has 5 fully saturated rings. The van der Waals surface area contributed by atoms with Crippen LogP contribution in [0.15, 0.2) is 48.1 Å². The lowest BCUT2D eigenvalue weighted by molar-refractivity contribution is -0.176. The van der Waals surface area contributed by atoms with Crippen LogP contribution in [0, 0.1) is 51.2 Å². The van der Waals surface area contributed by atoms with Crippen LogP contribution in [0.5, 0.6) is 0 Å². The first kappa shape index (κ1) is 41.9. The number of carboxylic acid groups (broad SMARTS) is 1. The number of aliphatic carboxylic acids is 1. The minimum Gasteiger partial charge on any atom is -0.481 e. The number of hydrogen-bond donors (Lipinski definition) is 2. The molecule has 0 bridgehead atoms. The Kier molecular flexibility index (Phi) is 11.8. The second-order valence-electron chi connectivity index (χ2n) is 20.3. The fraction of sp³-hybridized carbons (Fsp3) is 0.804. The molecule has 11 atom stereocenters. The lowest BCUT2D eigenvalue weighted by Gasteiger charge is -2.68. The van der Waals surface area contributed by atoms with Gasteiger partial charge in [0.05, 0.1) is 15.9 Å². The maximum absolute atomic E-state index is 14.0. The summed E-state index contributed by atoms with van der Waals surface area (Å²) in [7, 11) is -3.03. The van der Waals surface area contributed by atoms with Gasteiger partial charge in [-0.25, -0.2) is 12.8 Å². The number of carbonyl (C=O) groups is 1. The van der Waals surface area contributed by atoms with Crippen LogP contribution in [0.3, 0.4) is 0 Å². The van der Waals surface area contributed by atoms with Crippen LogP contribution in [0.1, 0.15) is 132 Å². The predicted molar refractivity (Wildman–Crippen MR) is 220 cm³/mol. The van der Waals surface area contributed by atoms with Crippen molar-refractivity contribution in [1.29, 1.82) is 0 Å². The lowest BCUT2D eigenvalue weighted by Crippen LogP contribution is -2.65. The van der Waals surface area contributed by atoms with E-state index in [1.165, 1.54) is 74.5 Å². The number of nitrogens with zero attached hydrogens (tertiary/aromatic N) is 1. The Morgan fingerprint density at radius 1 is 1.06 bits per heavy atom. The Morgan fingerprint density at radius 2 is 1.76 bits per heavy atom. The second kappa shape index (κ2) is 15.2. The summed E-state index contributed by atoms with van der Waals surface area (Å²) in [4.78, 5) is 14.4. The second-order valence-corrected chi connectivity index (χ2v) is 23.1. The van der Waals surface area contributed by atoms with Gasteiger partial charge in [0.1, 0.15) is 6.67 Å². The van der Waals surface area contributed by atoms with Crippen molar-refractivity contribution in [2.45, 2.75) is 148 Å². The average molecular weight is 769 g/mol. The van der Waals surface area contributed by atoms with Crippen molar-refractivity contribution >= 4 is 15.8 Å². The van der Waals surface area contributed by atoms with Crippen LogP contribution in [0.4, 0.5) is 4.39 Å². The Hall–Kier alpha value is -1.77. The number of fused-ring (bicyclic) bond motifs is 5. The molecule has 6 nitrogen and oxygen atoms in total. The summed E-state index contributed by atoms with van der Waals surface area (Å²) in [5.41, 5.74) is 3.16. The molecule has 0 amide bonds. The van der Waals surface area contributed by atoms with E-state index in [4.69, 9.17) is 0 Å². The lowest BCUT2D eigenvalue weighted by atomic mass is 9.38. The van der Waals surface area contributed by atoms with Crippen molar-refractivity contribution in [1.82, 2.24) is 10.2 Å². The highest BCUT2D eigenvalue weighted by atomic mass is 32.2. The zero-order chi connectivity index (χ0) is 39.5. The van der Waals surface area contributed by atoms with Gasteiger partial charge in [-0.3, -0.25) is 9.69 Å². The molecule has 6 rings (SSSR count). The summed E-state index contributed by atoms with van der Waals surface area (Å²) in [5, 5.41) is 13.5. The van der Waals surface area contributed by atoms with Gasteiger partial charge in [0.25, 0.3) is 0 Å². The van der Waals surface area contributed by atoms with Crippen molar-refractivity contribution in [2.75, 3.05) is 32.9 Å². The summed E-state index contributed by atoms with van der Waals surface area (Å²) in [6.07, 6.45) is 19.3. The van der Waals surface area contributed by atoms with Crippen molar-refractivity contribution in [2.24, 2.45) is 51.2 Å². The van der Waals surface area contributed by atoms with E-state index in [1.54, 1.807) is 0 Å². The van der Waals surface area contributed by atoms with Gasteiger partial charge in [-0.15, -0.1) is 6.58 Å². The molecule has 8 heteroatoms. The van der Waals surface area contributed by atoms with Gasteiger partial charge in [0, 0.05) is 31.7 Å². The zero-order valence-corrected chi connectivity index (χ0v) is 35.6. The molecule has 0 aromatic heterocycles. The van der Waals surface area contributed by atoms with Gasteiger partial charge in [-0.1, -0.05) is 58.1 Å². The summed E-state index contributed by atoms with van der Waals surface area (Å²) in [6, 6.07) is 0. The highest BCUT2D eigenvalue weighted by Crippen LogP contribution is 2.72. The van der Waals surface area contributed by atoms with Crippen molar-refractivity contribution in [3.05, 3.63) is 48.1 Å². The molecule has 304 valence electrons. The van der Waals surface area contributed by atoms with Gasteiger partial charge < -0.3 is 10.4 Å². The number of nitrogens with one attached hydrogen (secondary N) is 1. The van der Waals surface area contributed by atoms with E-state index in [9.17, 15) is 22.7 Å². The number of hydrogen-bond acceptors (Lipinski definition) is 5. The van der Waals surface area contributed by atoms with Crippen molar-refractivity contribution < 1.29 is 22.7 Å². The first-order valence-electron chi connectivity index (χ1n) is 21.5. The molecule has 2 N–H and O–H groups in total. The normalized spacial score (nSPS) is 42.6. The third kappa shape index (κ3) is 6.86. The SMILES string of the molecule is C=CC/C=C(/C1=CC[C@](CF)(C(=O)O)CC1)C(C)(C)[C@@H]1CC[C@]2(C)[C@H](CCC3[C@H]4[C@H](C(=C)C)CC[C@]4(NCCN4CC(C)S(=O)(=O)C(C)C4)CC[C@]32C)C1. The number of carboxylic acids is 1. The molecule has 1 saturated heterocycles. The molecular weight excluding hydrogens is 696 g/mol. The van der Waals surface area contributed by atoms with E-state index in [0.29, 0.717) is 55.5 Å². The van der Waals surface area contributed by atoms with Crippen LogP contribution in [-0.4, -0.2) is 73.3 Å². The first-order valence-corrected chi connectivity index (χ1v) is 23.1. The van der Waals surface area contributed by atoms with E-state index >= 15 is 0 Å². The average Bonchev–Trinajstić information content (AvgIpc) is 3.51. The van der Waals surface area contributed by atoms with Crippen molar-refractivity contribution in [3.63, 3.8) is 0 Å². The van der Waals surface area contributed by atoms with E-state index in [1.807, 2.05) is 26.0 Å². The standard InChI is InChI=1S/C46H73FN2O4S/c1-10-11-12-38(34-15-20-45(30-47,21-16-34)41(50)51)42(6,7)35-17-19-43(8)36(27-35)13-14-39-40-37(31(2)3)18-22-46(40,24-23-44(39,43)9)48-25-26-49-28-32(4)54(52,53)33(5)29-49/h10,12,15,32-33,35-37,39-40,48H,1-2,11,13-14,16-30H2,3-9H3,(H,50,51)/b38-12-/t32?,33?,35-,36-,37+,39?,40-,43-,44-,45+,46+/m1/s1. The summed E-state index contributed by atoms with van der Waals surface area (Å²) >= 11 is 0. The third-order valence-electron chi connectivity index (χ3n) is 17.5. The Labute approximate surface area is 327 Å². The number of rotatable bonds is 12. The van der Waals surface area contributed by atoms with E-state index in [2.05, 4.69) is 64.1 Å². The minimum absolute atomic E-state index is 0.0802. The predicted octanol–water partition coefficient (Wildman–Crippen LogP) is 9.74. The van der Waals surface area contributed by atoms with Gasteiger partial charge in [0.15, 0.2) is 9.84 Å². The van der Waals surface area contributed by atoms with Crippen LogP contribution in [0.25, 0.3) is 0 Å². The maximum atomic E-state index is 14.0.